The topological polar surface area (TPSA) is 47.4 Å². The number of aromatic nitrogens is 2. The average Bonchev–Trinajstić information content (AvgIpc) is 2.89. The van der Waals surface area contributed by atoms with Crippen molar-refractivity contribution in [3.63, 3.8) is 0 Å². The van der Waals surface area contributed by atoms with Gasteiger partial charge in [-0.15, -0.1) is 0 Å². The molecule has 3 rings (SSSR count). The monoisotopic (exact) mass is 317 g/mol. The Bertz CT molecular complexity index is 716. The van der Waals surface area contributed by atoms with E-state index in [-0.39, 0.29) is 11.9 Å². The number of carbonyl (C=O) groups is 1. The Labute approximate surface area is 134 Å². The second-order valence-electron chi connectivity index (χ2n) is 6.64. The van der Waals surface area contributed by atoms with Gasteiger partial charge in [0.15, 0.2) is 0 Å². The van der Waals surface area contributed by atoms with Gasteiger partial charge >= 0.3 is 6.09 Å². The van der Waals surface area contributed by atoms with Crippen LogP contribution in [0.15, 0.2) is 30.5 Å². The zero-order valence-corrected chi connectivity index (χ0v) is 13.5. The minimum atomic E-state index is -0.511. The zero-order valence-electron chi connectivity index (χ0n) is 13.5. The molecule has 23 heavy (non-hydrogen) atoms. The number of fused-ring (bicyclic) bond motifs is 1. The van der Waals surface area contributed by atoms with Crippen molar-refractivity contribution in [1.29, 1.82) is 0 Å². The maximum Gasteiger partial charge on any atom is 0.410 e. The van der Waals surface area contributed by atoms with Crippen molar-refractivity contribution < 1.29 is 13.9 Å². The molecule has 0 aliphatic carbocycles. The van der Waals surface area contributed by atoms with Gasteiger partial charge in [0, 0.05) is 24.8 Å². The summed E-state index contributed by atoms with van der Waals surface area (Å²) in [6, 6.07) is 6.24. The maximum absolute atomic E-state index is 13.0. The van der Waals surface area contributed by atoms with E-state index in [0.29, 0.717) is 19.6 Å². The molecule has 0 N–H and O–H groups in total. The molecule has 6 heteroatoms. The third kappa shape index (κ3) is 3.52. The molecule has 2 aromatic rings. The third-order valence-electron chi connectivity index (χ3n) is 3.59. The number of imidazole rings is 1. The fourth-order valence-electron chi connectivity index (χ4n) is 2.49. The standard InChI is InChI=1S/C17H20FN3O2/c1-17(2,3)23-16(22)21-9-8-20-10-14(19-15(20)11-21)12-4-6-13(18)7-5-12/h4-7,10H,8-9,11H2,1-3H3. The van der Waals surface area contributed by atoms with Crippen LogP contribution in [0.25, 0.3) is 11.3 Å². The summed E-state index contributed by atoms with van der Waals surface area (Å²) in [4.78, 5) is 18.4. The van der Waals surface area contributed by atoms with E-state index < -0.39 is 5.60 Å². The van der Waals surface area contributed by atoms with Crippen molar-refractivity contribution in [3.8, 4) is 11.3 Å². The van der Waals surface area contributed by atoms with Crippen molar-refractivity contribution in [2.75, 3.05) is 6.54 Å². The van der Waals surface area contributed by atoms with Crippen LogP contribution in [0.1, 0.15) is 26.6 Å². The first kappa shape index (κ1) is 15.5. The minimum Gasteiger partial charge on any atom is -0.444 e. The molecule has 1 aliphatic rings. The second-order valence-corrected chi connectivity index (χ2v) is 6.64. The van der Waals surface area contributed by atoms with E-state index in [1.807, 2.05) is 31.5 Å². The average molecular weight is 317 g/mol. The number of carbonyl (C=O) groups excluding carboxylic acids is 1. The third-order valence-corrected chi connectivity index (χ3v) is 3.59. The van der Waals surface area contributed by atoms with E-state index in [9.17, 15) is 9.18 Å². The highest BCUT2D eigenvalue weighted by Gasteiger charge is 2.26. The lowest BCUT2D eigenvalue weighted by Gasteiger charge is -2.30. The molecule has 0 fully saturated rings. The van der Waals surface area contributed by atoms with Gasteiger partial charge in [0.25, 0.3) is 0 Å². The molecule has 0 saturated carbocycles. The summed E-state index contributed by atoms with van der Waals surface area (Å²) in [5, 5.41) is 0. The number of halogens is 1. The Morgan fingerprint density at radius 2 is 1.91 bits per heavy atom. The van der Waals surface area contributed by atoms with Crippen LogP contribution in [0.3, 0.4) is 0 Å². The van der Waals surface area contributed by atoms with E-state index >= 15 is 0 Å². The normalized spacial score (nSPS) is 14.5. The molecule has 122 valence electrons. The van der Waals surface area contributed by atoms with Crippen molar-refractivity contribution in [1.82, 2.24) is 14.5 Å². The Morgan fingerprint density at radius 1 is 1.22 bits per heavy atom. The lowest BCUT2D eigenvalue weighted by atomic mass is 10.2. The summed E-state index contributed by atoms with van der Waals surface area (Å²) in [5.41, 5.74) is 1.13. The summed E-state index contributed by atoms with van der Waals surface area (Å²) < 4.78 is 20.5. The number of nitrogens with zero attached hydrogens (tertiary/aromatic N) is 3. The van der Waals surface area contributed by atoms with Gasteiger partial charge in [-0.05, 0) is 45.0 Å². The summed E-state index contributed by atoms with van der Waals surface area (Å²) in [7, 11) is 0. The van der Waals surface area contributed by atoms with Gasteiger partial charge in [-0.3, -0.25) is 4.90 Å². The van der Waals surface area contributed by atoms with E-state index in [4.69, 9.17) is 4.74 Å². The molecule has 1 aromatic carbocycles. The van der Waals surface area contributed by atoms with Crippen LogP contribution >= 0.6 is 0 Å². The van der Waals surface area contributed by atoms with E-state index in [0.717, 1.165) is 17.1 Å². The van der Waals surface area contributed by atoms with Gasteiger partial charge in [0.05, 0.1) is 12.2 Å². The molecule has 0 bridgehead atoms. The van der Waals surface area contributed by atoms with Crippen molar-refractivity contribution in [3.05, 3.63) is 42.1 Å². The highest BCUT2D eigenvalue weighted by molar-refractivity contribution is 5.68. The van der Waals surface area contributed by atoms with Crippen molar-refractivity contribution in [2.24, 2.45) is 0 Å². The predicted octanol–water partition coefficient (Wildman–Crippen LogP) is 3.44. The van der Waals surface area contributed by atoms with Crippen LogP contribution in [0.4, 0.5) is 9.18 Å². The molecule has 2 heterocycles. The first-order chi connectivity index (χ1) is 10.8. The predicted molar refractivity (Wildman–Crippen MR) is 84.3 cm³/mol. The Morgan fingerprint density at radius 3 is 2.57 bits per heavy atom. The molecular formula is C17H20FN3O2. The van der Waals surface area contributed by atoms with Gasteiger partial charge < -0.3 is 9.30 Å². The summed E-state index contributed by atoms with van der Waals surface area (Å²) in [6.07, 6.45) is 1.62. The summed E-state index contributed by atoms with van der Waals surface area (Å²) in [6.45, 7) is 7.22. The molecule has 0 atom stereocenters. The first-order valence-electron chi connectivity index (χ1n) is 7.62. The van der Waals surface area contributed by atoms with Crippen LogP contribution < -0.4 is 0 Å². The number of rotatable bonds is 1. The minimum absolute atomic E-state index is 0.270. The summed E-state index contributed by atoms with van der Waals surface area (Å²) in [5.74, 6) is 0.537. The lowest BCUT2D eigenvalue weighted by molar-refractivity contribution is 0.0195. The number of benzene rings is 1. The van der Waals surface area contributed by atoms with Gasteiger partial charge in [-0.1, -0.05) is 0 Å². The SMILES string of the molecule is CC(C)(C)OC(=O)N1CCn2cc(-c3ccc(F)cc3)nc2C1. The Kier molecular flexibility index (Phi) is 3.83. The maximum atomic E-state index is 13.0. The van der Waals surface area contributed by atoms with Gasteiger partial charge in [0.1, 0.15) is 17.2 Å². The zero-order chi connectivity index (χ0) is 16.6. The molecule has 0 saturated heterocycles. The van der Waals surface area contributed by atoms with Crippen LogP contribution in [0.5, 0.6) is 0 Å². The number of ether oxygens (including phenoxy) is 1. The molecule has 0 radical (unpaired) electrons. The molecular weight excluding hydrogens is 297 g/mol. The van der Waals surface area contributed by atoms with Crippen molar-refractivity contribution >= 4 is 6.09 Å². The molecule has 1 aliphatic heterocycles. The van der Waals surface area contributed by atoms with Crippen LogP contribution in [0.2, 0.25) is 0 Å². The fraction of sp³-hybridized carbons (Fsp3) is 0.412. The van der Waals surface area contributed by atoms with Gasteiger partial charge in [-0.25, -0.2) is 14.2 Å². The Balaban J connectivity index is 1.77. The number of hydrogen-bond donors (Lipinski definition) is 0. The number of amides is 1. The van der Waals surface area contributed by atoms with E-state index in [2.05, 4.69) is 4.98 Å². The molecule has 0 spiro atoms. The van der Waals surface area contributed by atoms with Crippen LogP contribution in [0, 0.1) is 5.82 Å². The molecule has 5 nitrogen and oxygen atoms in total. The number of hydrogen-bond acceptors (Lipinski definition) is 3. The van der Waals surface area contributed by atoms with Gasteiger partial charge in [-0.2, -0.15) is 0 Å². The Hall–Kier alpha value is -2.37. The highest BCUT2D eigenvalue weighted by atomic mass is 19.1. The largest absolute Gasteiger partial charge is 0.444 e. The molecule has 1 amide bonds. The smallest absolute Gasteiger partial charge is 0.410 e. The quantitative estimate of drug-likeness (QED) is 0.809. The van der Waals surface area contributed by atoms with Gasteiger partial charge in [0.2, 0.25) is 0 Å². The van der Waals surface area contributed by atoms with Crippen LogP contribution in [-0.4, -0.2) is 32.7 Å². The van der Waals surface area contributed by atoms with E-state index in [1.54, 1.807) is 17.0 Å². The van der Waals surface area contributed by atoms with Crippen LogP contribution in [-0.2, 0) is 17.8 Å². The van der Waals surface area contributed by atoms with Crippen molar-refractivity contribution in [2.45, 2.75) is 39.5 Å². The second kappa shape index (κ2) is 5.68. The summed E-state index contributed by atoms with van der Waals surface area (Å²) >= 11 is 0. The molecule has 1 aromatic heterocycles. The fourth-order valence-corrected chi connectivity index (χ4v) is 2.49. The molecule has 0 unspecified atom stereocenters. The highest BCUT2D eigenvalue weighted by Crippen LogP contribution is 2.22. The first-order valence-corrected chi connectivity index (χ1v) is 7.62. The lowest BCUT2D eigenvalue weighted by Crippen LogP contribution is -2.41. The van der Waals surface area contributed by atoms with E-state index in [1.165, 1.54) is 12.1 Å².